The highest BCUT2D eigenvalue weighted by molar-refractivity contribution is 6.31. The number of hydrogen-bond acceptors (Lipinski definition) is 4. The Balaban J connectivity index is 1.82. The number of benzene rings is 1. The van der Waals surface area contributed by atoms with Crippen molar-refractivity contribution in [1.29, 1.82) is 0 Å². The standard InChI is InChI=1S/C23H28FN3O3/c1-14(2)22(26-21(28)13-27-7-9-30-10-8-27)16(4)15(3)11-19-18-12-17(24)5-6-20(18)25-23(19)29/h5-6,11-12H,7-10,13H2,1-4H3,(H,25,29)(H,26,28)/b16-15+,19-11-. The highest BCUT2D eigenvalue weighted by Gasteiger charge is 2.25. The third-order valence-corrected chi connectivity index (χ3v) is 5.33. The van der Waals surface area contributed by atoms with Gasteiger partial charge in [-0.25, -0.2) is 4.39 Å². The molecule has 2 N–H and O–H groups in total. The quantitative estimate of drug-likeness (QED) is 0.574. The first kappa shape index (κ1) is 21.9. The summed E-state index contributed by atoms with van der Waals surface area (Å²) < 4.78 is 19.0. The maximum Gasteiger partial charge on any atom is 0.256 e. The van der Waals surface area contributed by atoms with Crippen LogP contribution >= 0.6 is 0 Å². The van der Waals surface area contributed by atoms with Gasteiger partial charge in [-0.3, -0.25) is 14.5 Å². The number of morpholine rings is 1. The van der Waals surface area contributed by atoms with E-state index in [9.17, 15) is 14.0 Å². The lowest BCUT2D eigenvalue weighted by molar-refractivity contribution is -0.122. The Morgan fingerprint density at radius 1 is 1.23 bits per heavy atom. The molecule has 0 unspecified atom stereocenters. The lowest BCUT2D eigenvalue weighted by atomic mass is 9.99. The Labute approximate surface area is 176 Å². The molecule has 2 aliphatic rings. The summed E-state index contributed by atoms with van der Waals surface area (Å²) in [4.78, 5) is 27.0. The molecule has 0 spiro atoms. The molecule has 1 aromatic rings. The Hall–Kier alpha value is -2.77. The van der Waals surface area contributed by atoms with Crippen LogP contribution in [0.15, 0.2) is 46.7 Å². The minimum atomic E-state index is -0.394. The van der Waals surface area contributed by atoms with Crippen LogP contribution in [0, 0.1) is 5.82 Å². The number of nitrogens with zero attached hydrogens (tertiary/aromatic N) is 1. The monoisotopic (exact) mass is 413 g/mol. The predicted octanol–water partition coefficient (Wildman–Crippen LogP) is 3.24. The van der Waals surface area contributed by atoms with Gasteiger partial charge in [-0.1, -0.05) is 5.57 Å². The van der Waals surface area contributed by atoms with Gasteiger partial charge in [0.25, 0.3) is 5.91 Å². The van der Waals surface area contributed by atoms with Crippen molar-refractivity contribution in [3.8, 4) is 0 Å². The van der Waals surface area contributed by atoms with Crippen molar-refractivity contribution in [1.82, 2.24) is 10.2 Å². The van der Waals surface area contributed by atoms with Crippen molar-refractivity contribution in [2.24, 2.45) is 0 Å². The normalized spacial score (nSPS) is 18.6. The zero-order chi connectivity index (χ0) is 21.8. The number of carbonyl (C=O) groups is 2. The lowest BCUT2D eigenvalue weighted by Crippen LogP contribution is -2.43. The largest absolute Gasteiger partial charge is 0.379 e. The van der Waals surface area contributed by atoms with E-state index in [1.807, 2.05) is 27.7 Å². The molecule has 0 aromatic heterocycles. The number of ether oxygens (including phenoxy) is 1. The van der Waals surface area contributed by atoms with Gasteiger partial charge in [0, 0.05) is 35.6 Å². The topological polar surface area (TPSA) is 70.7 Å². The fourth-order valence-electron chi connectivity index (χ4n) is 3.56. The summed E-state index contributed by atoms with van der Waals surface area (Å²) in [5.74, 6) is -0.744. The first-order valence-corrected chi connectivity index (χ1v) is 10.0. The number of fused-ring (bicyclic) bond motifs is 1. The van der Waals surface area contributed by atoms with E-state index in [0.29, 0.717) is 36.6 Å². The van der Waals surface area contributed by atoms with Crippen LogP contribution in [0.5, 0.6) is 0 Å². The second-order valence-corrected chi connectivity index (χ2v) is 7.82. The van der Waals surface area contributed by atoms with E-state index >= 15 is 0 Å². The van der Waals surface area contributed by atoms with Crippen LogP contribution < -0.4 is 10.6 Å². The number of hydrogen-bond donors (Lipinski definition) is 2. The minimum absolute atomic E-state index is 0.0843. The molecule has 1 saturated heterocycles. The molecule has 7 heteroatoms. The summed E-state index contributed by atoms with van der Waals surface area (Å²) in [5.41, 5.74) is 4.93. The number of halogens is 1. The lowest BCUT2D eigenvalue weighted by Gasteiger charge is -2.26. The first-order valence-electron chi connectivity index (χ1n) is 10.0. The van der Waals surface area contributed by atoms with Crippen LogP contribution in [-0.4, -0.2) is 49.6 Å². The van der Waals surface area contributed by atoms with Crippen molar-refractivity contribution in [2.45, 2.75) is 27.7 Å². The highest BCUT2D eigenvalue weighted by Crippen LogP contribution is 2.33. The van der Waals surface area contributed by atoms with E-state index < -0.39 is 5.82 Å². The molecule has 3 rings (SSSR count). The molecule has 0 aliphatic carbocycles. The van der Waals surface area contributed by atoms with Crippen LogP contribution in [0.25, 0.3) is 5.57 Å². The van der Waals surface area contributed by atoms with Gasteiger partial charge >= 0.3 is 0 Å². The van der Waals surface area contributed by atoms with Gasteiger partial charge in [0.05, 0.1) is 19.8 Å². The first-order chi connectivity index (χ1) is 14.3. The molecule has 2 heterocycles. The third kappa shape index (κ3) is 5.04. The van der Waals surface area contributed by atoms with Crippen LogP contribution in [-0.2, 0) is 14.3 Å². The number of anilines is 1. The van der Waals surface area contributed by atoms with Gasteiger partial charge in [-0.05, 0) is 63.1 Å². The molecule has 160 valence electrons. The summed E-state index contributed by atoms with van der Waals surface area (Å²) in [6.07, 6.45) is 1.74. The van der Waals surface area contributed by atoms with E-state index in [4.69, 9.17) is 4.74 Å². The average molecular weight is 413 g/mol. The number of nitrogens with one attached hydrogen (secondary N) is 2. The molecule has 1 fully saturated rings. The van der Waals surface area contributed by atoms with Crippen molar-refractivity contribution in [2.75, 3.05) is 38.2 Å². The molecule has 0 saturated carbocycles. The molecular formula is C23H28FN3O3. The SMILES string of the molecule is CC(C)=C(NC(=O)CN1CCOCC1)/C(C)=C(C)/C=C1\C(=O)Nc2ccc(F)cc21. The average Bonchev–Trinajstić information content (AvgIpc) is 3.00. The molecule has 30 heavy (non-hydrogen) atoms. The number of carbonyl (C=O) groups excluding carboxylic acids is 2. The van der Waals surface area contributed by atoms with Gasteiger partial charge in [0.2, 0.25) is 5.91 Å². The smallest absolute Gasteiger partial charge is 0.256 e. The highest BCUT2D eigenvalue weighted by atomic mass is 19.1. The Bertz CT molecular complexity index is 952. The third-order valence-electron chi connectivity index (χ3n) is 5.33. The van der Waals surface area contributed by atoms with Crippen molar-refractivity contribution < 1.29 is 18.7 Å². The second-order valence-electron chi connectivity index (χ2n) is 7.82. The van der Waals surface area contributed by atoms with Crippen LogP contribution in [0.1, 0.15) is 33.3 Å². The Kier molecular flexibility index (Phi) is 6.84. The summed E-state index contributed by atoms with van der Waals surface area (Å²) in [5, 5.41) is 5.77. The number of allylic oxidation sites excluding steroid dienone is 4. The van der Waals surface area contributed by atoms with Gasteiger partial charge in [0.1, 0.15) is 5.82 Å². The van der Waals surface area contributed by atoms with E-state index in [1.165, 1.54) is 12.1 Å². The molecule has 2 amide bonds. The Morgan fingerprint density at radius 2 is 1.93 bits per heavy atom. The summed E-state index contributed by atoms with van der Waals surface area (Å²) in [6, 6.07) is 4.23. The molecule has 1 aromatic carbocycles. The summed E-state index contributed by atoms with van der Waals surface area (Å²) in [7, 11) is 0. The Morgan fingerprint density at radius 3 is 2.60 bits per heavy atom. The number of rotatable bonds is 5. The molecule has 2 aliphatic heterocycles. The minimum Gasteiger partial charge on any atom is -0.379 e. The second kappa shape index (κ2) is 9.36. The van der Waals surface area contributed by atoms with E-state index in [0.717, 1.165) is 35.5 Å². The van der Waals surface area contributed by atoms with Crippen LogP contribution in [0.2, 0.25) is 0 Å². The van der Waals surface area contributed by atoms with Gasteiger partial charge in [0.15, 0.2) is 0 Å². The van der Waals surface area contributed by atoms with Crippen molar-refractivity contribution in [3.05, 3.63) is 58.1 Å². The van der Waals surface area contributed by atoms with Gasteiger partial charge < -0.3 is 15.4 Å². The number of amides is 2. The molecule has 0 bridgehead atoms. The maximum atomic E-state index is 13.7. The molecule has 0 radical (unpaired) electrons. The fraction of sp³-hybridized carbons (Fsp3) is 0.391. The molecular weight excluding hydrogens is 385 g/mol. The predicted molar refractivity (Wildman–Crippen MR) is 115 cm³/mol. The fourth-order valence-corrected chi connectivity index (χ4v) is 3.56. The van der Waals surface area contributed by atoms with Crippen LogP contribution in [0.4, 0.5) is 10.1 Å². The van der Waals surface area contributed by atoms with E-state index in [2.05, 4.69) is 15.5 Å². The van der Waals surface area contributed by atoms with Crippen molar-refractivity contribution in [3.63, 3.8) is 0 Å². The summed E-state index contributed by atoms with van der Waals surface area (Å²) in [6.45, 7) is 10.7. The maximum absolute atomic E-state index is 13.7. The zero-order valence-electron chi connectivity index (χ0n) is 17.9. The van der Waals surface area contributed by atoms with E-state index in [1.54, 1.807) is 12.1 Å². The summed E-state index contributed by atoms with van der Waals surface area (Å²) >= 11 is 0. The van der Waals surface area contributed by atoms with Gasteiger partial charge in [-0.2, -0.15) is 0 Å². The molecule has 6 nitrogen and oxygen atoms in total. The molecule has 0 atom stereocenters. The van der Waals surface area contributed by atoms with E-state index in [-0.39, 0.29) is 11.8 Å². The van der Waals surface area contributed by atoms with Crippen molar-refractivity contribution >= 4 is 23.1 Å². The van der Waals surface area contributed by atoms with Gasteiger partial charge in [-0.15, -0.1) is 0 Å². The zero-order valence-corrected chi connectivity index (χ0v) is 17.9. The van der Waals surface area contributed by atoms with Crippen LogP contribution in [0.3, 0.4) is 0 Å².